The van der Waals surface area contributed by atoms with Gasteiger partial charge in [-0.15, -0.1) is 0 Å². The van der Waals surface area contributed by atoms with Crippen molar-refractivity contribution in [2.24, 2.45) is 0 Å². The molecule has 50 heavy (non-hydrogen) atoms. The van der Waals surface area contributed by atoms with Gasteiger partial charge in [0.1, 0.15) is 0 Å². The molecule has 0 saturated carbocycles. The van der Waals surface area contributed by atoms with Crippen LogP contribution in [-0.2, 0) is 0 Å². The fourth-order valence-corrected chi connectivity index (χ4v) is 6.31. The van der Waals surface area contributed by atoms with Gasteiger partial charge in [0.05, 0.1) is 22.4 Å². The van der Waals surface area contributed by atoms with Gasteiger partial charge in [-0.25, -0.2) is 24.9 Å². The fourth-order valence-electron chi connectivity index (χ4n) is 6.31. The van der Waals surface area contributed by atoms with Crippen molar-refractivity contribution >= 4 is 21.8 Å². The molecule has 6 aromatic carbocycles. The highest BCUT2D eigenvalue weighted by molar-refractivity contribution is 6.04. The highest BCUT2D eigenvalue weighted by Crippen LogP contribution is 2.32. The number of rotatable bonds is 6. The van der Waals surface area contributed by atoms with Crippen LogP contribution in [0.25, 0.3) is 89.6 Å². The Kier molecular flexibility index (Phi) is 7.41. The van der Waals surface area contributed by atoms with E-state index in [1.807, 2.05) is 78.9 Å². The first kappa shape index (κ1) is 29.3. The van der Waals surface area contributed by atoms with E-state index in [0.29, 0.717) is 17.5 Å². The number of hydrogen-bond acceptors (Lipinski definition) is 5. The van der Waals surface area contributed by atoms with Crippen LogP contribution in [0.1, 0.15) is 0 Å². The van der Waals surface area contributed by atoms with Gasteiger partial charge in [0.2, 0.25) is 0 Å². The highest BCUT2D eigenvalue weighted by atomic mass is 15.0. The molecule has 0 spiro atoms. The third-order valence-corrected chi connectivity index (χ3v) is 8.92. The molecule has 234 valence electrons. The molecule has 0 bridgehead atoms. The minimum atomic E-state index is 0.632. The average molecular weight is 640 g/mol. The lowest BCUT2D eigenvalue weighted by molar-refractivity contribution is 1.07. The van der Waals surface area contributed by atoms with Crippen molar-refractivity contribution in [3.05, 3.63) is 176 Å². The summed E-state index contributed by atoms with van der Waals surface area (Å²) in [6.45, 7) is 0. The van der Waals surface area contributed by atoms with E-state index >= 15 is 0 Å². The van der Waals surface area contributed by atoms with Crippen LogP contribution in [-0.4, -0.2) is 24.9 Å². The summed E-state index contributed by atoms with van der Waals surface area (Å²) < 4.78 is 0. The van der Waals surface area contributed by atoms with Crippen LogP contribution in [0.15, 0.2) is 176 Å². The van der Waals surface area contributed by atoms with E-state index < -0.39 is 0 Å². The van der Waals surface area contributed by atoms with E-state index in [2.05, 4.69) is 97.1 Å². The number of fused-ring (bicyclic) bond motifs is 3. The number of benzene rings is 6. The van der Waals surface area contributed by atoms with Gasteiger partial charge in [0.15, 0.2) is 17.5 Å². The first-order chi connectivity index (χ1) is 24.7. The Bertz CT molecular complexity index is 2560. The molecule has 5 heteroatoms. The molecule has 5 nitrogen and oxygen atoms in total. The number of nitrogens with zero attached hydrogens (tertiary/aromatic N) is 5. The molecule has 9 rings (SSSR count). The Labute approximate surface area is 289 Å². The summed E-state index contributed by atoms with van der Waals surface area (Å²) in [5.41, 5.74) is 10.8. The largest absolute Gasteiger partial charge is 0.245 e. The van der Waals surface area contributed by atoms with Crippen molar-refractivity contribution in [1.29, 1.82) is 0 Å². The zero-order valence-electron chi connectivity index (χ0n) is 27.0. The molecule has 9 aromatic rings. The van der Waals surface area contributed by atoms with Crippen LogP contribution < -0.4 is 0 Å². The van der Waals surface area contributed by atoms with Crippen LogP contribution in [0.4, 0.5) is 0 Å². The molecular formula is C45H29N5. The lowest BCUT2D eigenvalue weighted by Crippen LogP contribution is -2.00. The Morgan fingerprint density at radius 2 is 0.620 bits per heavy atom. The molecule has 0 fully saturated rings. The predicted octanol–water partition coefficient (Wildman–Crippen LogP) is 11.0. The van der Waals surface area contributed by atoms with E-state index in [4.69, 9.17) is 24.9 Å². The van der Waals surface area contributed by atoms with Crippen molar-refractivity contribution < 1.29 is 0 Å². The lowest BCUT2D eigenvalue weighted by atomic mass is 10.00. The Balaban J connectivity index is 1.06. The first-order valence-electron chi connectivity index (χ1n) is 16.6. The van der Waals surface area contributed by atoms with Gasteiger partial charge in [-0.05, 0) is 29.3 Å². The monoisotopic (exact) mass is 639 g/mol. The molecule has 0 unspecified atom stereocenters. The van der Waals surface area contributed by atoms with E-state index in [-0.39, 0.29) is 0 Å². The first-order valence-corrected chi connectivity index (χ1v) is 16.6. The fraction of sp³-hybridized carbons (Fsp3) is 0. The zero-order chi connectivity index (χ0) is 33.3. The van der Waals surface area contributed by atoms with Crippen molar-refractivity contribution in [2.45, 2.75) is 0 Å². The summed E-state index contributed by atoms with van der Waals surface area (Å²) in [6, 6.07) is 59.9. The Hall–Kier alpha value is -6.85. The van der Waals surface area contributed by atoms with Crippen molar-refractivity contribution in [1.82, 2.24) is 24.9 Å². The molecule has 3 heterocycles. The smallest absolute Gasteiger partial charge is 0.164 e. The van der Waals surface area contributed by atoms with Gasteiger partial charge in [0, 0.05) is 38.6 Å². The quantitative estimate of drug-likeness (QED) is 0.169. The molecule has 0 aliphatic heterocycles. The predicted molar refractivity (Wildman–Crippen MR) is 203 cm³/mol. The summed E-state index contributed by atoms with van der Waals surface area (Å²) in [5.74, 6) is 1.92. The number of hydrogen-bond donors (Lipinski definition) is 0. The highest BCUT2D eigenvalue weighted by Gasteiger charge is 2.14. The maximum atomic E-state index is 5.15. The van der Waals surface area contributed by atoms with Crippen LogP contribution in [0, 0.1) is 0 Å². The van der Waals surface area contributed by atoms with E-state index in [1.165, 1.54) is 0 Å². The summed E-state index contributed by atoms with van der Waals surface area (Å²) in [7, 11) is 0. The average Bonchev–Trinajstić information content (AvgIpc) is 3.21. The van der Waals surface area contributed by atoms with Crippen molar-refractivity contribution in [3.63, 3.8) is 0 Å². The molecule has 0 N–H and O–H groups in total. The van der Waals surface area contributed by atoms with Crippen LogP contribution >= 0.6 is 0 Å². The maximum absolute atomic E-state index is 5.15. The minimum absolute atomic E-state index is 0.632. The van der Waals surface area contributed by atoms with Gasteiger partial charge in [0.25, 0.3) is 0 Å². The molecule has 0 radical (unpaired) electrons. The molecular weight excluding hydrogens is 611 g/mol. The molecule has 3 aromatic heterocycles. The van der Waals surface area contributed by atoms with E-state index in [9.17, 15) is 0 Å². The number of aromatic nitrogens is 5. The van der Waals surface area contributed by atoms with E-state index in [1.54, 1.807) is 0 Å². The second-order valence-electron chi connectivity index (χ2n) is 12.2. The third kappa shape index (κ3) is 5.67. The van der Waals surface area contributed by atoms with Gasteiger partial charge in [-0.1, -0.05) is 158 Å². The standard InChI is InChI=1S/C45H29N5/c1-4-11-31(12-5-1)39-27-25-33-23-24-34-26-28-40(47-42(34)41(33)46-39)32-21-19-30(20-22-32)37-17-10-18-38(29-37)45-49-43(35-13-6-2-7-14-35)48-44(50-45)36-15-8-3-9-16-36/h1-29H. The van der Waals surface area contributed by atoms with Crippen LogP contribution in [0.5, 0.6) is 0 Å². The van der Waals surface area contributed by atoms with E-state index in [0.717, 1.165) is 72.1 Å². The van der Waals surface area contributed by atoms with Gasteiger partial charge in [-0.2, -0.15) is 0 Å². The normalized spacial score (nSPS) is 11.2. The lowest BCUT2D eigenvalue weighted by Gasteiger charge is -2.10. The second kappa shape index (κ2) is 12.6. The van der Waals surface area contributed by atoms with Gasteiger partial charge < -0.3 is 0 Å². The summed E-state index contributed by atoms with van der Waals surface area (Å²) in [6.07, 6.45) is 0. The molecule has 0 amide bonds. The van der Waals surface area contributed by atoms with Crippen molar-refractivity contribution in [3.8, 4) is 67.8 Å². The molecule has 0 aliphatic rings. The van der Waals surface area contributed by atoms with Gasteiger partial charge >= 0.3 is 0 Å². The number of pyridine rings is 2. The molecule has 0 saturated heterocycles. The molecule has 0 aliphatic carbocycles. The zero-order valence-corrected chi connectivity index (χ0v) is 27.0. The summed E-state index contributed by atoms with van der Waals surface area (Å²) in [5, 5.41) is 2.14. The molecule has 0 atom stereocenters. The summed E-state index contributed by atoms with van der Waals surface area (Å²) in [4.78, 5) is 24.9. The third-order valence-electron chi connectivity index (χ3n) is 8.92. The van der Waals surface area contributed by atoms with Gasteiger partial charge in [-0.3, -0.25) is 0 Å². The maximum Gasteiger partial charge on any atom is 0.164 e. The second-order valence-corrected chi connectivity index (χ2v) is 12.2. The summed E-state index contributed by atoms with van der Waals surface area (Å²) >= 11 is 0. The SMILES string of the molecule is c1ccc(-c2ccc3ccc4ccc(-c5ccc(-c6cccc(-c7nc(-c8ccccc8)nc(-c8ccccc8)n7)c6)cc5)nc4c3n2)cc1. The van der Waals surface area contributed by atoms with Crippen LogP contribution in [0.3, 0.4) is 0 Å². The van der Waals surface area contributed by atoms with Crippen LogP contribution in [0.2, 0.25) is 0 Å². The minimum Gasteiger partial charge on any atom is -0.245 e. The Morgan fingerprint density at radius 1 is 0.240 bits per heavy atom. The van der Waals surface area contributed by atoms with Crippen molar-refractivity contribution in [2.75, 3.05) is 0 Å². The topological polar surface area (TPSA) is 64.5 Å². The Morgan fingerprint density at radius 3 is 1.14 bits per heavy atom.